The minimum atomic E-state index is -0.164. The molecule has 0 aliphatic rings. The fraction of sp³-hybridized carbons (Fsp3) is 0.286. The highest BCUT2D eigenvalue weighted by Gasteiger charge is 2.11. The fourth-order valence-corrected chi connectivity index (χ4v) is 1.86. The molecule has 1 heterocycles. The summed E-state index contributed by atoms with van der Waals surface area (Å²) < 4.78 is 10.4. The molecular formula is C14H17N3O3. The molecule has 1 aromatic carbocycles. The Balaban J connectivity index is 2.10. The summed E-state index contributed by atoms with van der Waals surface area (Å²) >= 11 is 0. The topological polar surface area (TPSA) is 76.2 Å². The lowest BCUT2D eigenvalue weighted by atomic mass is 10.1. The third-order valence-corrected chi connectivity index (χ3v) is 2.81. The molecular weight excluding hydrogens is 258 g/mol. The number of hydrogen-bond donors (Lipinski definition) is 2. The van der Waals surface area contributed by atoms with Crippen molar-refractivity contribution in [1.82, 2.24) is 10.2 Å². The molecule has 0 aliphatic carbocycles. The molecule has 0 saturated carbocycles. The molecule has 0 saturated heterocycles. The predicted octanol–water partition coefficient (Wildman–Crippen LogP) is 1.92. The second-order valence-corrected chi connectivity index (χ2v) is 4.34. The van der Waals surface area contributed by atoms with Crippen molar-refractivity contribution in [3.8, 4) is 11.5 Å². The van der Waals surface area contributed by atoms with Crippen LogP contribution in [0.25, 0.3) is 0 Å². The van der Waals surface area contributed by atoms with Gasteiger partial charge >= 0.3 is 0 Å². The van der Waals surface area contributed by atoms with Gasteiger partial charge in [-0.05, 0) is 25.1 Å². The van der Waals surface area contributed by atoms with Crippen LogP contribution < -0.4 is 14.8 Å². The second kappa shape index (κ2) is 6.10. The summed E-state index contributed by atoms with van der Waals surface area (Å²) in [7, 11) is 3.15. The van der Waals surface area contributed by atoms with Crippen molar-refractivity contribution in [3.05, 3.63) is 35.5 Å². The van der Waals surface area contributed by atoms with Crippen molar-refractivity contribution < 1.29 is 14.3 Å². The van der Waals surface area contributed by atoms with Crippen LogP contribution in [0.2, 0.25) is 0 Å². The summed E-state index contributed by atoms with van der Waals surface area (Å²) in [5.41, 5.74) is 1.65. The Morgan fingerprint density at radius 1 is 1.30 bits per heavy atom. The normalized spacial score (nSPS) is 10.2. The van der Waals surface area contributed by atoms with Gasteiger partial charge in [-0.2, -0.15) is 5.10 Å². The number of ether oxygens (including phenoxy) is 2. The van der Waals surface area contributed by atoms with Crippen molar-refractivity contribution in [3.63, 3.8) is 0 Å². The number of hydrogen-bond acceptors (Lipinski definition) is 4. The molecule has 0 atom stereocenters. The average Bonchev–Trinajstić information content (AvgIpc) is 2.83. The van der Waals surface area contributed by atoms with E-state index in [1.54, 1.807) is 38.5 Å². The number of H-pyrrole nitrogens is 1. The van der Waals surface area contributed by atoms with Crippen molar-refractivity contribution in [2.75, 3.05) is 19.5 Å². The summed E-state index contributed by atoms with van der Waals surface area (Å²) in [4.78, 5) is 12.0. The number of rotatable bonds is 5. The molecule has 0 fully saturated rings. The number of methoxy groups -OCH3 is 2. The molecule has 6 heteroatoms. The molecule has 0 bridgehead atoms. The van der Waals surface area contributed by atoms with Crippen LogP contribution in [-0.2, 0) is 11.2 Å². The van der Waals surface area contributed by atoms with Gasteiger partial charge in [-0.3, -0.25) is 9.89 Å². The number of aromatic nitrogens is 2. The van der Waals surface area contributed by atoms with Crippen molar-refractivity contribution >= 4 is 11.7 Å². The number of anilines is 1. The van der Waals surface area contributed by atoms with Gasteiger partial charge in [0.25, 0.3) is 0 Å². The van der Waals surface area contributed by atoms with Gasteiger partial charge in [-0.15, -0.1) is 0 Å². The average molecular weight is 275 g/mol. The number of carbonyl (C=O) groups is 1. The molecule has 0 unspecified atom stereocenters. The zero-order valence-corrected chi connectivity index (χ0v) is 11.7. The standard InChI is InChI=1S/C14H17N3O3/c1-9-6-13(17-16-9)15-14(18)8-10-7-11(19-2)4-5-12(10)20-3/h4-7H,8H2,1-3H3,(H2,15,16,17,18). The van der Waals surface area contributed by atoms with E-state index in [1.165, 1.54) is 0 Å². The number of nitrogens with one attached hydrogen (secondary N) is 2. The Morgan fingerprint density at radius 2 is 2.10 bits per heavy atom. The molecule has 6 nitrogen and oxygen atoms in total. The van der Waals surface area contributed by atoms with E-state index in [1.807, 2.05) is 6.92 Å². The van der Waals surface area contributed by atoms with Crippen LogP contribution in [0.1, 0.15) is 11.3 Å². The highest BCUT2D eigenvalue weighted by molar-refractivity contribution is 5.91. The smallest absolute Gasteiger partial charge is 0.230 e. The number of aryl methyl sites for hydroxylation is 1. The molecule has 106 valence electrons. The SMILES string of the molecule is COc1ccc(OC)c(CC(=O)Nc2cc(C)[nH]n2)c1. The van der Waals surface area contributed by atoms with Crippen LogP contribution in [0.5, 0.6) is 11.5 Å². The van der Waals surface area contributed by atoms with Crippen LogP contribution in [0.15, 0.2) is 24.3 Å². The third-order valence-electron chi connectivity index (χ3n) is 2.81. The van der Waals surface area contributed by atoms with E-state index in [4.69, 9.17) is 9.47 Å². The minimum absolute atomic E-state index is 0.164. The van der Waals surface area contributed by atoms with Gasteiger partial charge in [0.15, 0.2) is 5.82 Å². The highest BCUT2D eigenvalue weighted by atomic mass is 16.5. The number of benzene rings is 1. The van der Waals surface area contributed by atoms with Crippen LogP contribution in [0.3, 0.4) is 0 Å². The summed E-state index contributed by atoms with van der Waals surface area (Å²) in [6, 6.07) is 7.12. The first kappa shape index (κ1) is 13.9. The zero-order valence-electron chi connectivity index (χ0n) is 11.7. The zero-order chi connectivity index (χ0) is 14.5. The predicted molar refractivity (Wildman–Crippen MR) is 75.2 cm³/mol. The van der Waals surface area contributed by atoms with Crippen LogP contribution in [0.4, 0.5) is 5.82 Å². The first-order chi connectivity index (χ1) is 9.62. The maximum absolute atomic E-state index is 12.0. The fourth-order valence-electron chi connectivity index (χ4n) is 1.86. The molecule has 0 aliphatic heterocycles. The Hall–Kier alpha value is -2.50. The number of nitrogens with zero attached hydrogens (tertiary/aromatic N) is 1. The number of amides is 1. The molecule has 2 N–H and O–H groups in total. The largest absolute Gasteiger partial charge is 0.497 e. The number of aromatic amines is 1. The maximum atomic E-state index is 12.0. The van der Waals surface area contributed by atoms with Crippen molar-refractivity contribution in [1.29, 1.82) is 0 Å². The minimum Gasteiger partial charge on any atom is -0.497 e. The van der Waals surface area contributed by atoms with Gasteiger partial charge in [0.2, 0.25) is 5.91 Å². The van der Waals surface area contributed by atoms with Gasteiger partial charge < -0.3 is 14.8 Å². The molecule has 2 rings (SSSR count). The van der Waals surface area contributed by atoms with E-state index < -0.39 is 0 Å². The lowest BCUT2D eigenvalue weighted by molar-refractivity contribution is -0.115. The Bertz CT molecular complexity index is 607. The van der Waals surface area contributed by atoms with Gasteiger partial charge in [0, 0.05) is 17.3 Å². The summed E-state index contributed by atoms with van der Waals surface area (Å²) in [6.07, 6.45) is 0.187. The van der Waals surface area contributed by atoms with Crippen LogP contribution >= 0.6 is 0 Å². The Morgan fingerprint density at radius 3 is 2.70 bits per heavy atom. The van der Waals surface area contributed by atoms with Crippen LogP contribution in [-0.4, -0.2) is 30.3 Å². The summed E-state index contributed by atoms with van der Waals surface area (Å²) in [5, 5.41) is 9.45. The molecule has 2 aromatic rings. The first-order valence-corrected chi connectivity index (χ1v) is 6.15. The number of carbonyl (C=O) groups excluding carboxylic acids is 1. The van der Waals surface area contributed by atoms with Crippen molar-refractivity contribution in [2.24, 2.45) is 0 Å². The highest BCUT2D eigenvalue weighted by Crippen LogP contribution is 2.24. The van der Waals surface area contributed by atoms with Gasteiger partial charge in [0.1, 0.15) is 11.5 Å². The van der Waals surface area contributed by atoms with Gasteiger partial charge in [0.05, 0.1) is 20.6 Å². The van der Waals surface area contributed by atoms with E-state index in [0.717, 1.165) is 11.3 Å². The lowest BCUT2D eigenvalue weighted by Gasteiger charge is -2.10. The second-order valence-electron chi connectivity index (χ2n) is 4.34. The Labute approximate surface area is 117 Å². The monoisotopic (exact) mass is 275 g/mol. The molecule has 0 radical (unpaired) electrons. The van der Waals surface area contributed by atoms with Crippen LogP contribution in [0, 0.1) is 6.92 Å². The molecule has 1 amide bonds. The molecule has 20 heavy (non-hydrogen) atoms. The van der Waals surface area contributed by atoms with E-state index in [-0.39, 0.29) is 12.3 Å². The van der Waals surface area contributed by atoms with E-state index in [9.17, 15) is 4.79 Å². The quantitative estimate of drug-likeness (QED) is 0.874. The van der Waals surface area contributed by atoms with Gasteiger partial charge in [-0.1, -0.05) is 0 Å². The third kappa shape index (κ3) is 3.28. The van der Waals surface area contributed by atoms with E-state index in [2.05, 4.69) is 15.5 Å². The van der Waals surface area contributed by atoms with E-state index >= 15 is 0 Å². The Kier molecular flexibility index (Phi) is 4.24. The molecule has 0 spiro atoms. The maximum Gasteiger partial charge on any atom is 0.230 e. The van der Waals surface area contributed by atoms with E-state index in [0.29, 0.717) is 17.3 Å². The molecule has 1 aromatic heterocycles. The summed E-state index contributed by atoms with van der Waals surface area (Å²) in [5.74, 6) is 1.68. The van der Waals surface area contributed by atoms with Crippen molar-refractivity contribution in [2.45, 2.75) is 13.3 Å². The van der Waals surface area contributed by atoms with Gasteiger partial charge in [-0.25, -0.2) is 0 Å². The lowest BCUT2D eigenvalue weighted by Crippen LogP contribution is -2.15. The summed E-state index contributed by atoms with van der Waals surface area (Å²) in [6.45, 7) is 1.87. The first-order valence-electron chi connectivity index (χ1n) is 6.15.